The first-order chi connectivity index (χ1) is 11.3. The van der Waals surface area contributed by atoms with Gasteiger partial charge in [-0.2, -0.15) is 13.2 Å². The maximum atomic E-state index is 12.6. The number of carbonyl (C=O) groups is 2. The van der Waals surface area contributed by atoms with E-state index < -0.39 is 23.6 Å². The molecule has 0 aromatic heterocycles. The Morgan fingerprint density at radius 2 is 1.75 bits per heavy atom. The monoisotopic (exact) mass is 341 g/mol. The van der Waals surface area contributed by atoms with Gasteiger partial charge in [0, 0.05) is 12.0 Å². The van der Waals surface area contributed by atoms with Crippen LogP contribution in [-0.4, -0.2) is 23.0 Å². The van der Waals surface area contributed by atoms with Gasteiger partial charge < -0.3 is 10.4 Å². The second-order valence-corrected chi connectivity index (χ2v) is 6.62. The molecule has 130 valence electrons. The number of alkyl halides is 3. The van der Waals surface area contributed by atoms with E-state index in [2.05, 4.69) is 5.32 Å². The van der Waals surface area contributed by atoms with E-state index in [1.54, 1.807) is 0 Å². The van der Waals surface area contributed by atoms with Crippen molar-refractivity contribution in [1.29, 1.82) is 0 Å². The van der Waals surface area contributed by atoms with Gasteiger partial charge in [0.05, 0.1) is 11.5 Å². The van der Waals surface area contributed by atoms with Gasteiger partial charge in [-0.25, -0.2) is 0 Å². The summed E-state index contributed by atoms with van der Waals surface area (Å²) in [5.74, 6) is -1.65. The molecule has 0 radical (unpaired) electrons. The predicted octanol–water partition coefficient (Wildman–Crippen LogP) is 3.18. The molecule has 2 unspecified atom stereocenters. The maximum absolute atomic E-state index is 12.6. The molecule has 0 spiro atoms. The third kappa shape index (κ3) is 3.55. The minimum Gasteiger partial charge on any atom is -0.481 e. The fourth-order valence-electron chi connectivity index (χ4n) is 3.42. The molecule has 2 aliphatic rings. The molecule has 3 rings (SSSR count). The van der Waals surface area contributed by atoms with Crippen LogP contribution in [0.2, 0.25) is 0 Å². The molecule has 4 atom stereocenters. The van der Waals surface area contributed by atoms with Gasteiger partial charge in [0.25, 0.3) is 0 Å². The number of hydrogen-bond donors (Lipinski definition) is 2. The standard InChI is InChI=1S/C17H18F3NO3/c18-17(19,20)11-4-1-9(2-5-11)13-8-14(13)15(22)21-12-6-3-10(7-12)16(23)24/h1-2,4-5,10,12-14H,3,6-8H2,(H,21,22)(H,23,24)/t10-,12+,13?,14?/m0/s1. The van der Waals surface area contributed by atoms with Crippen molar-refractivity contribution in [3.63, 3.8) is 0 Å². The third-order valence-electron chi connectivity index (χ3n) is 4.92. The fourth-order valence-corrected chi connectivity index (χ4v) is 3.42. The lowest BCUT2D eigenvalue weighted by Gasteiger charge is -2.12. The zero-order chi connectivity index (χ0) is 17.5. The van der Waals surface area contributed by atoms with Gasteiger partial charge in [-0.05, 0) is 49.3 Å². The Hall–Kier alpha value is -2.05. The minimum atomic E-state index is -4.36. The number of hydrogen-bond acceptors (Lipinski definition) is 2. The Morgan fingerprint density at radius 3 is 2.29 bits per heavy atom. The summed E-state index contributed by atoms with van der Waals surface area (Å²) in [6.45, 7) is 0. The van der Waals surface area contributed by atoms with Gasteiger partial charge in [-0.1, -0.05) is 12.1 Å². The van der Waals surface area contributed by atoms with Gasteiger partial charge in [0.2, 0.25) is 5.91 Å². The zero-order valence-electron chi connectivity index (χ0n) is 12.8. The predicted molar refractivity (Wildman–Crippen MR) is 79.2 cm³/mol. The highest BCUT2D eigenvalue weighted by atomic mass is 19.4. The molecule has 2 saturated carbocycles. The number of carboxylic acid groups (broad SMARTS) is 1. The molecule has 24 heavy (non-hydrogen) atoms. The van der Waals surface area contributed by atoms with Gasteiger partial charge in [-0.3, -0.25) is 9.59 Å². The van der Waals surface area contributed by atoms with Crippen LogP contribution in [0.4, 0.5) is 13.2 Å². The smallest absolute Gasteiger partial charge is 0.416 e. The molecule has 0 bridgehead atoms. The van der Waals surface area contributed by atoms with Crippen LogP contribution in [0.1, 0.15) is 42.7 Å². The van der Waals surface area contributed by atoms with Gasteiger partial charge >= 0.3 is 12.1 Å². The highest BCUT2D eigenvalue weighted by Gasteiger charge is 2.45. The number of halogens is 3. The van der Waals surface area contributed by atoms with Gasteiger partial charge in [-0.15, -0.1) is 0 Å². The molecular weight excluding hydrogens is 323 g/mol. The average molecular weight is 341 g/mol. The van der Waals surface area contributed by atoms with E-state index in [0.717, 1.165) is 17.7 Å². The van der Waals surface area contributed by atoms with Crippen LogP contribution in [0.25, 0.3) is 0 Å². The van der Waals surface area contributed by atoms with Gasteiger partial charge in [0.15, 0.2) is 0 Å². The largest absolute Gasteiger partial charge is 0.481 e. The first kappa shape index (κ1) is 16.8. The number of nitrogens with one attached hydrogen (secondary N) is 1. The normalized spacial score (nSPS) is 29.3. The van der Waals surface area contributed by atoms with Crippen molar-refractivity contribution in [2.45, 2.75) is 43.8 Å². The molecule has 0 heterocycles. The van der Waals surface area contributed by atoms with Crippen molar-refractivity contribution >= 4 is 11.9 Å². The third-order valence-corrected chi connectivity index (χ3v) is 4.92. The fraction of sp³-hybridized carbons (Fsp3) is 0.529. The van der Waals surface area contributed by atoms with Crippen molar-refractivity contribution in [3.05, 3.63) is 35.4 Å². The van der Waals surface area contributed by atoms with Crippen LogP contribution < -0.4 is 5.32 Å². The van der Waals surface area contributed by atoms with E-state index in [0.29, 0.717) is 25.7 Å². The molecule has 0 saturated heterocycles. The number of amides is 1. The molecule has 2 aliphatic carbocycles. The quantitative estimate of drug-likeness (QED) is 0.884. The van der Waals surface area contributed by atoms with Crippen LogP contribution in [0.3, 0.4) is 0 Å². The highest BCUT2D eigenvalue weighted by Crippen LogP contribution is 2.48. The Balaban J connectivity index is 1.53. The molecule has 7 heteroatoms. The Morgan fingerprint density at radius 1 is 1.08 bits per heavy atom. The number of carboxylic acids is 1. The first-order valence-electron chi connectivity index (χ1n) is 7.96. The van der Waals surface area contributed by atoms with E-state index in [9.17, 15) is 22.8 Å². The summed E-state index contributed by atoms with van der Waals surface area (Å²) >= 11 is 0. The molecule has 1 amide bonds. The summed E-state index contributed by atoms with van der Waals surface area (Å²) in [4.78, 5) is 23.1. The van der Waals surface area contributed by atoms with Crippen molar-refractivity contribution < 1.29 is 27.9 Å². The minimum absolute atomic E-state index is 0.0519. The van der Waals surface area contributed by atoms with Crippen molar-refractivity contribution in [1.82, 2.24) is 5.32 Å². The Bertz CT molecular complexity index is 641. The Kier molecular flexibility index (Phi) is 4.27. The van der Waals surface area contributed by atoms with Gasteiger partial charge in [0.1, 0.15) is 0 Å². The van der Waals surface area contributed by atoms with Crippen LogP contribution in [0, 0.1) is 11.8 Å². The van der Waals surface area contributed by atoms with Crippen molar-refractivity contribution in [3.8, 4) is 0 Å². The maximum Gasteiger partial charge on any atom is 0.416 e. The molecule has 4 nitrogen and oxygen atoms in total. The molecule has 2 N–H and O–H groups in total. The van der Waals surface area contributed by atoms with Crippen LogP contribution >= 0.6 is 0 Å². The number of carbonyl (C=O) groups excluding carboxylic acids is 1. The topological polar surface area (TPSA) is 66.4 Å². The SMILES string of the molecule is O=C(N[C@@H]1CC[C@H](C(=O)O)C1)C1CC1c1ccc(C(F)(F)F)cc1. The number of rotatable bonds is 4. The summed E-state index contributed by atoms with van der Waals surface area (Å²) in [6.07, 6.45) is -2.08. The number of benzene rings is 1. The molecule has 2 fully saturated rings. The highest BCUT2D eigenvalue weighted by molar-refractivity contribution is 5.83. The first-order valence-corrected chi connectivity index (χ1v) is 7.96. The average Bonchev–Trinajstić information content (AvgIpc) is 3.18. The lowest BCUT2D eigenvalue weighted by Crippen LogP contribution is -2.34. The van der Waals surface area contributed by atoms with Crippen molar-refractivity contribution in [2.24, 2.45) is 11.8 Å². The summed E-state index contributed by atoms with van der Waals surface area (Å²) < 4.78 is 37.7. The second kappa shape index (κ2) is 6.11. The molecule has 1 aromatic rings. The lowest BCUT2D eigenvalue weighted by molar-refractivity contribution is -0.141. The van der Waals surface area contributed by atoms with E-state index in [-0.39, 0.29) is 23.8 Å². The molecular formula is C17H18F3NO3. The van der Waals surface area contributed by atoms with Crippen LogP contribution in [-0.2, 0) is 15.8 Å². The van der Waals surface area contributed by atoms with Crippen LogP contribution in [0.5, 0.6) is 0 Å². The lowest BCUT2D eigenvalue weighted by atomic mass is 10.1. The van der Waals surface area contributed by atoms with Crippen LogP contribution in [0.15, 0.2) is 24.3 Å². The zero-order valence-corrected chi connectivity index (χ0v) is 12.8. The summed E-state index contributed by atoms with van der Waals surface area (Å²) in [7, 11) is 0. The summed E-state index contributed by atoms with van der Waals surface area (Å²) in [5.41, 5.74) is 0.0385. The molecule has 0 aliphatic heterocycles. The van der Waals surface area contributed by atoms with E-state index >= 15 is 0 Å². The Labute approximate surface area is 137 Å². The van der Waals surface area contributed by atoms with Crippen molar-refractivity contribution in [2.75, 3.05) is 0 Å². The second-order valence-electron chi connectivity index (χ2n) is 6.62. The number of aliphatic carboxylic acids is 1. The summed E-state index contributed by atoms with van der Waals surface area (Å²) in [5, 5.41) is 11.8. The summed E-state index contributed by atoms with van der Waals surface area (Å²) in [6, 6.07) is 4.81. The molecule has 1 aromatic carbocycles. The van der Waals surface area contributed by atoms with E-state index in [1.807, 2.05) is 0 Å². The van der Waals surface area contributed by atoms with E-state index in [1.165, 1.54) is 12.1 Å². The van der Waals surface area contributed by atoms with E-state index in [4.69, 9.17) is 5.11 Å².